The summed E-state index contributed by atoms with van der Waals surface area (Å²) in [6, 6.07) is 12.9. The molecule has 0 bridgehead atoms. The van der Waals surface area contributed by atoms with Crippen molar-refractivity contribution in [1.82, 2.24) is 15.5 Å². The highest BCUT2D eigenvalue weighted by atomic mass is 19.1. The lowest BCUT2D eigenvalue weighted by Gasteiger charge is -2.34. The third-order valence-electron chi connectivity index (χ3n) is 5.35. The van der Waals surface area contributed by atoms with Crippen molar-refractivity contribution in [3.8, 4) is 0 Å². The second kappa shape index (κ2) is 8.05. The summed E-state index contributed by atoms with van der Waals surface area (Å²) in [4.78, 5) is 27.1. The van der Waals surface area contributed by atoms with Crippen LogP contribution in [0.15, 0.2) is 59.8 Å². The molecule has 2 aliphatic heterocycles. The highest BCUT2D eigenvalue weighted by Crippen LogP contribution is 2.29. The molecule has 2 N–H and O–H groups in total. The van der Waals surface area contributed by atoms with Gasteiger partial charge in [0.15, 0.2) is 0 Å². The SMILES string of the molecule is COC(=O)C1=C(CN2CCc3ccccc3C2)NC(=O)NC1c1ccc(F)cc1. The van der Waals surface area contributed by atoms with Crippen LogP contribution in [0.4, 0.5) is 9.18 Å². The van der Waals surface area contributed by atoms with Crippen molar-refractivity contribution in [1.29, 1.82) is 0 Å². The molecule has 0 aromatic heterocycles. The quantitative estimate of drug-likeness (QED) is 0.781. The molecule has 2 amide bonds. The fraction of sp³-hybridized carbons (Fsp3) is 0.273. The minimum atomic E-state index is -0.705. The number of methoxy groups -OCH3 is 1. The summed E-state index contributed by atoms with van der Waals surface area (Å²) >= 11 is 0. The van der Waals surface area contributed by atoms with Crippen molar-refractivity contribution in [2.75, 3.05) is 20.2 Å². The Morgan fingerprint density at radius 1 is 1.17 bits per heavy atom. The van der Waals surface area contributed by atoms with Crippen molar-refractivity contribution in [3.63, 3.8) is 0 Å². The van der Waals surface area contributed by atoms with Crippen molar-refractivity contribution < 1.29 is 18.7 Å². The largest absolute Gasteiger partial charge is 0.466 e. The molecule has 2 heterocycles. The minimum absolute atomic E-state index is 0.331. The number of nitrogens with zero attached hydrogens (tertiary/aromatic N) is 1. The van der Waals surface area contributed by atoms with Crippen molar-refractivity contribution in [3.05, 3.63) is 82.3 Å². The third-order valence-corrected chi connectivity index (χ3v) is 5.35. The summed E-state index contributed by atoms with van der Waals surface area (Å²) in [6.07, 6.45) is 0.907. The Labute approximate surface area is 168 Å². The van der Waals surface area contributed by atoms with E-state index >= 15 is 0 Å². The van der Waals surface area contributed by atoms with E-state index in [1.54, 1.807) is 12.1 Å². The first-order chi connectivity index (χ1) is 14.0. The maximum atomic E-state index is 13.3. The number of ether oxygens (including phenoxy) is 1. The molecule has 1 atom stereocenters. The fourth-order valence-corrected chi connectivity index (χ4v) is 3.91. The molecular weight excluding hydrogens is 373 g/mol. The predicted molar refractivity (Wildman–Crippen MR) is 105 cm³/mol. The Hall–Kier alpha value is -3.19. The number of hydrogen-bond donors (Lipinski definition) is 2. The average molecular weight is 395 g/mol. The molecule has 0 saturated heterocycles. The van der Waals surface area contributed by atoms with Crippen LogP contribution < -0.4 is 10.6 Å². The lowest BCUT2D eigenvalue weighted by molar-refractivity contribution is -0.136. The van der Waals surface area contributed by atoms with Gasteiger partial charge in [-0.1, -0.05) is 36.4 Å². The Kier molecular flexibility index (Phi) is 5.31. The first kappa shape index (κ1) is 19.1. The monoisotopic (exact) mass is 395 g/mol. The molecule has 1 unspecified atom stereocenters. The molecule has 0 spiro atoms. The Morgan fingerprint density at radius 3 is 2.62 bits per heavy atom. The molecule has 2 aromatic rings. The van der Waals surface area contributed by atoms with Crippen LogP contribution in [-0.2, 0) is 22.5 Å². The minimum Gasteiger partial charge on any atom is -0.466 e. The molecule has 7 heteroatoms. The molecule has 150 valence electrons. The van der Waals surface area contributed by atoms with Crippen LogP contribution in [0.5, 0.6) is 0 Å². The molecule has 2 aromatic carbocycles. The van der Waals surface area contributed by atoms with Gasteiger partial charge in [-0.3, -0.25) is 4.90 Å². The van der Waals surface area contributed by atoms with Gasteiger partial charge in [0.25, 0.3) is 0 Å². The highest BCUT2D eigenvalue weighted by Gasteiger charge is 2.34. The molecule has 0 saturated carbocycles. The highest BCUT2D eigenvalue weighted by molar-refractivity contribution is 5.95. The molecule has 4 rings (SSSR count). The molecular formula is C22H22FN3O3. The van der Waals surface area contributed by atoms with Crippen molar-refractivity contribution >= 4 is 12.0 Å². The first-order valence-corrected chi connectivity index (χ1v) is 9.48. The second-order valence-electron chi connectivity index (χ2n) is 7.20. The van der Waals surface area contributed by atoms with Gasteiger partial charge in [-0.15, -0.1) is 0 Å². The van der Waals surface area contributed by atoms with Crippen molar-refractivity contribution in [2.24, 2.45) is 0 Å². The number of amides is 2. The number of esters is 1. The fourth-order valence-electron chi connectivity index (χ4n) is 3.91. The third kappa shape index (κ3) is 4.00. The van der Waals surface area contributed by atoms with E-state index in [2.05, 4.69) is 27.7 Å². The average Bonchev–Trinajstić information content (AvgIpc) is 2.73. The lowest BCUT2D eigenvalue weighted by Crippen LogP contribution is -2.48. The van der Waals surface area contributed by atoms with Gasteiger partial charge in [-0.2, -0.15) is 0 Å². The van der Waals surface area contributed by atoms with E-state index < -0.39 is 18.0 Å². The van der Waals surface area contributed by atoms with E-state index in [0.29, 0.717) is 23.4 Å². The Balaban J connectivity index is 1.66. The maximum absolute atomic E-state index is 13.3. The van der Waals surface area contributed by atoms with Crippen molar-refractivity contribution in [2.45, 2.75) is 19.0 Å². The summed E-state index contributed by atoms with van der Waals surface area (Å²) in [5.41, 5.74) is 4.02. The van der Waals surface area contributed by atoms with Gasteiger partial charge in [0.1, 0.15) is 5.82 Å². The molecule has 0 radical (unpaired) electrons. The zero-order chi connectivity index (χ0) is 20.4. The number of rotatable bonds is 4. The van der Waals surface area contributed by atoms with Gasteiger partial charge in [0.05, 0.1) is 18.7 Å². The van der Waals surface area contributed by atoms with E-state index in [0.717, 1.165) is 19.5 Å². The van der Waals surface area contributed by atoms with Gasteiger partial charge in [0.2, 0.25) is 0 Å². The summed E-state index contributed by atoms with van der Waals surface area (Å²) in [7, 11) is 1.31. The standard InChI is InChI=1S/C22H22FN3O3/c1-29-21(27)19-18(13-26-11-10-14-4-2-3-5-16(14)12-26)24-22(28)25-20(19)15-6-8-17(23)9-7-15/h2-9,20H,10-13H2,1H3,(H2,24,25,28). The number of benzene rings is 2. The second-order valence-corrected chi connectivity index (χ2v) is 7.20. The lowest BCUT2D eigenvalue weighted by atomic mass is 9.94. The van der Waals surface area contributed by atoms with Gasteiger partial charge in [-0.25, -0.2) is 14.0 Å². The van der Waals surface area contributed by atoms with Crippen LogP contribution in [0.3, 0.4) is 0 Å². The summed E-state index contributed by atoms with van der Waals surface area (Å²) in [5, 5.41) is 5.53. The van der Waals surface area contributed by atoms with E-state index in [4.69, 9.17) is 4.74 Å². The normalized spacial score (nSPS) is 19.2. The molecule has 29 heavy (non-hydrogen) atoms. The predicted octanol–water partition coefficient (Wildman–Crippen LogP) is 2.67. The Morgan fingerprint density at radius 2 is 1.90 bits per heavy atom. The van der Waals surface area contributed by atoms with Crippen LogP contribution in [0.25, 0.3) is 0 Å². The summed E-state index contributed by atoms with van der Waals surface area (Å²) < 4.78 is 18.3. The smallest absolute Gasteiger partial charge is 0.338 e. The molecule has 6 nitrogen and oxygen atoms in total. The Bertz CT molecular complexity index is 972. The van der Waals surface area contributed by atoms with E-state index in [9.17, 15) is 14.0 Å². The summed E-state index contributed by atoms with van der Waals surface area (Å²) in [5.74, 6) is -0.913. The van der Waals surface area contributed by atoms with Crippen LogP contribution in [-0.4, -0.2) is 37.1 Å². The van der Waals surface area contributed by atoms with E-state index in [1.807, 2.05) is 12.1 Å². The van der Waals surface area contributed by atoms with Gasteiger partial charge >= 0.3 is 12.0 Å². The van der Waals surface area contributed by atoms with Gasteiger partial charge in [-0.05, 0) is 35.2 Å². The van der Waals surface area contributed by atoms with Gasteiger partial charge in [0, 0.05) is 25.3 Å². The number of halogens is 1. The van der Waals surface area contributed by atoms with Gasteiger partial charge < -0.3 is 15.4 Å². The van der Waals surface area contributed by atoms with Crippen LogP contribution >= 0.6 is 0 Å². The summed E-state index contributed by atoms with van der Waals surface area (Å²) in [6.45, 7) is 1.96. The molecule has 2 aliphatic rings. The number of fused-ring (bicyclic) bond motifs is 1. The zero-order valence-corrected chi connectivity index (χ0v) is 16.1. The number of nitrogens with one attached hydrogen (secondary N) is 2. The van der Waals surface area contributed by atoms with Crippen LogP contribution in [0.2, 0.25) is 0 Å². The molecule has 0 aliphatic carbocycles. The van der Waals surface area contributed by atoms with E-state index in [1.165, 1.54) is 30.4 Å². The first-order valence-electron chi connectivity index (χ1n) is 9.48. The maximum Gasteiger partial charge on any atom is 0.338 e. The number of hydrogen-bond acceptors (Lipinski definition) is 4. The zero-order valence-electron chi connectivity index (χ0n) is 16.1. The number of urea groups is 1. The van der Waals surface area contributed by atoms with E-state index in [-0.39, 0.29) is 5.82 Å². The molecule has 0 fully saturated rings. The number of carbonyl (C=O) groups excluding carboxylic acids is 2. The van der Waals surface area contributed by atoms with Crippen LogP contribution in [0, 0.1) is 5.82 Å². The topological polar surface area (TPSA) is 70.7 Å². The number of carbonyl (C=O) groups is 2. The van der Waals surface area contributed by atoms with Crippen LogP contribution in [0.1, 0.15) is 22.7 Å².